The molecule has 0 amide bonds. The molecule has 1 aromatic carbocycles. The van der Waals surface area contributed by atoms with Crippen molar-refractivity contribution in [1.82, 2.24) is 4.57 Å². The Morgan fingerprint density at radius 3 is 2.88 bits per heavy atom. The molecule has 0 aliphatic carbocycles. The summed E-state index contributed by atoms with van der Waals surface area (Å²) in [5, 5.41) is 0. The largest absolute Gasteiger partial charge is 0.461 e. The van der Waals surface area contributed by atoms with E-state index >= 15 is 0 Å². The SMILES string of the molecule is CCc1sc(C(=O)OCCCn2c(=O)oc3ccccc32)cc1C. The fourth-order valence-corrected chi connectivity index (χ4v) is 3.66. The molecule has 0 saturated heterocycles. The maximum absolute atomic E-state index is 12.1. The highest BCUT2D eigenvalue weighted by atomic mass is 32.1. The molecule has 0 aliphatic rings. The van der Waals surface area contributed by atoms with Gasteiger partial charge in [0.1, 0.15) is 4.88 Å². The zero-order valence-electron chi connectivity index (χ0n) is 13.7. The van der Waals surface area contributed by atoms with Crippen LogP contribution in [0.25, 0.3) is 11.1 Å². The summed E-state index contributed by atoms with van der Waals surface area (Å²) in [5.74, 6) is -0.684. The molecular weight excluding hydrogens is 326 g/mol. The van der Waals surface area contributed by atoms with E-state index in [1.54, 1.807) is 10.6 Å². The van der Waals surface area contributed by atoms with Gasteiger partial charge in [-0.3, -0.25) is 4.57 Å². The summed E-state index contributed by atoms with van der Waals surface area (Å²) in [7, 11) is 0. The molecule has 0 unspecified atom stereocenters. The van der Waals surface area contributed by atoms with Gasteiger partial charge in [-0.05, 0) is 43.5 Å². The van der Waals surface area contributed by atoms with E-state index < -0.39 is 0 Å². The highest BCUT2D eigenvalue weighted by molar-refractivity contribution is 7.14. The lowest BCUT2D eigenvalue weighted by Gasteiger charge is -2.04. The topological polar surface area (TPSA) is 61.4 Å². The van der Waals surface area contributed by atoms with Crippen molar-refractivity contribution in [3.8, 4) is 0 Å². The van der Waals surface area contributed by atoms with Crippen molar-refractivity contribution in [3.63, 3.8) is 0 Å². The number of nitrogens with zero attached hydrogens (tertiary/aromatic N) is 1. The van der Waals surface area contributed by atoms with E-state index in [4.69, 9.17) is 9.15 Å². The Morgan fingerprint density at radius 2 is 2.12 bits per heavy atom. The van der Waals surface area contributed by atoms with Crippen LogP contribution in [-0.2, 0) is 17.7 Å². The van der Waals surface area contributed by atoms with Gasteiger partial charge in [-0.15, -0.1) is 11.3 Å². The third kappa shape index (κ3) is 3.28. The Kier molecular flexibility index (Phi) is 4.85. The molecule has 3 aromatic rings. The number of oxazole rings is 1. The minimum atomic E-state index is -0.385. The van der Waals surface area contributed by atoms with Gasteiger partial charge in [0.05, 0.1) is 12.1 Å². The number of esters is 1. The van der Waals surface area contributed by atoms with Crippen LogP contribution in [0.4, 0.5) is 0 Å². The van der Waals surface area contributed by atoms with Crippen LogP contribution in [0, 0.1) is 6.92 Å². The van der Waals surface area contributed by atoms with Gasteiger partial charge in [0.15, 0.2) is 5.58 Å². The number of hydrogen-bond donors (Lipinski definition) is 0. The van der Waals surface area contributed by atoms with Crippen molar-refractivity contribution < 1.29 is 13.9 Å². The number of thiophene rings is 1. The number of benzene rings is 1. The third-order valence-corrected chi connectivity index (χ3v) is 5.24. The summed E-state index contributed by atoms with van der Waals surface area (Å²) in [6, 6.07) is 9.16. The van der Waals surface area contributed by atoms with E-state index in [1.807, 2.05) is 31.2 Å². The van der Waals surface area contributed by atoms with Crippen LogP contribution in [0.1, 0.15) is 33.5 Å². The van der Waals surface area contributed by atoms with E-state index in [9.17, 15) is 9.59 Å². The van der Waals surface area contributed by atoms with Gasteiger partial charge in [0.2, 0.25) is 0 Å². The Morgan fingerprint density at radius 1 is 1.33 bits per heavy atom. The van der Waals surface area contributed by atoms with Crippen LogP contribution in [0.2, 0.25) is 0 Å². The molecule has 0 N–H and O–H groups in total. The first-order valence-corrected chi connectivity index (χ1v) is 8.76. The molecule has 0 radical (unpaired) electrons. The quantitative estimate of drug-likeness (QED) is 0.504. The molecule has 0 aliphatic heterocycles. The normalized spacial score (nSPS) is 11.1. The van der Waals surface area contributed by atoms with Crippen LogP contribution in [-0.4, -0.2) is 17.1 Å². The predicted molar refractivity (Wildman–Crippen MR) is 93.8 cm³/mol. The first kappa shape index (κ1) is 16.5. The number of carbonyl (C=O) groups is 1. The number of aryl methyl sites for hydroxylation is 3. The fourth-order valence-electron chi connectivity index (χ4n) is 2.66. The summed E-state index contributed by atoms with van der Waals surface area (Å²) in [6.45, 7) is 4.79. The number of rotatable bonds is 6. The van der Waals surface area contributed by atoms with Gasteiger partial charge in [0.25, 0.3) is 0 Å². The van der Waals surface area contributed by atoms with Gasteiger partial charge in [-0.2, -0.15) is 0 Å². The molecule has 126 valence electrons. The van der Waals surface area contributed by atoms with E-state index in [0.717, 1.165) is 17.5 Å². The Hall–Kier alpha value is -2.34. The second kappa shape index (κ2) is 7.05. The van der Waals surface area contributed by atoms with Crippen LogP contribution in [0.3, 0.4) is 0 Å². The minimum Gasteiger partial charge on any atom is -0.461 e. The summed E-state index contributed by atoms with van der Waals surface area (Å²) < 4.78 is 12.1. The molecule has 2 heterocycles. The van der Waals surface area contributed by atoms with Crippen molar-refractivity contribution in [1.29, 1.82) is 0 Å². The Balaban J connectivity index is 1.57. The lowest BCUT2D eigenvalue weighted by molar-refractivity contribution is 0.0501. The van der Waals surface area contributed by atoms with E-state index in [0.29, 0.717) is 23.4 Å². The van der Waals surface area contributed by atoms with Crippen LogP contribution in [0.15, 0.2) is 39.5 Å². The first-order chi connectivity index (χ1) is 11.6. The molecule has 0 bridgehead atoms. The third-order valence-electron chi connectivity index (χ3n) is 3.88. The number of fused-ring (bicyclic) bond motifs is 1. The molecule has 2 aromatic heterocycles. The van der Waals surface area contributed by atoms with E-state index in [1.165, 1.54) is 16.2 Å². The van der Waals surface area contributed by atoms with Crippen molar-refractivity contribution in [2.24, 2.45) is 0 Å². The molecule has 0 fully saturated rings. The van der Waals surface area contributed by atoms with Crippen molar-refractivity contribution in [3.05, 3.63) is 56.2 Å². The van der Waals surface area contributed by atoms with Crippen molar-refractivity contribution >= 4 is 28.4 Å². The van der Waals surface area contributed by atoms with Gasteiger partial charge in [-0.1, -0.05) is 19.1 Å². The summed E-state index contributed by atoms with van der Waals surface area (Å²) >= 11 is 1.48. The molecule has 5 nitrogen and oxygen atoms in total. The molecular formula is C18H19NO4S. The first-order valence-electron chi connectivity index (χ1n) is 7.95. The second-order valence-corrected chi connectivity index (χ2v) is 6.68. The van der Waals surface area contributed by atoms with Crippen LogP contribution >= 0.6 is 11.3 Å². The van der Waals surface area contributed by atoms with Gasteiger partial charge in [0, 0.05) is 11.4 Å². The van der Waals surface area contributed by atoms with E-state index in [-0.39, 0.29) is 18.3 Å². The molecule has 0 atom stereocenters. The maximum Gasteiger partial charge on any atom is 0.419 e. The highest BCUT2D eigenvalue weighted by Gasteiger charge is 2.13. The zero-order chi connectivity index (χ0) is 17.1. The molecule has 24 heavy (non-hydrogen) atoms. The van der Waals surface area contributed by atoms with Gasteiger partial charge in [-0.25, -0.2) is 9.59 Å². The number of aromatic nitrogens is 1. The molecule has 0 saturated carbocycles. The number of hydrogen-bond acceptors (Lipinski definition) is 5. The standard InChI is InChI=1S/C18H19NO4S/c1-3-15-12(2)11-16(24-15)17(20)22-10-6-9-19-13-7-4-5-8-14(13)23-18(19)21/h4-5,7-8,11H,3,6,9-10H2,1-2H3. The smallest absolute Gasteiger partial charge is 0.419 e. The number of ether oxygens (including phenoxy) is 1. The fraction of sp³-hybridized carbons (Fsp3) is 0.333. The Labute approximate surface area is 143 Å². The Bertz CT molecular complexity index is 919. The van der Waals surface area contributed by atoms with E-state index in [2.05, 4.69) is 6.92 Å². The average Bonchev–Trinajstić information content (AvgIpc) is 3.11. The lowest BCUT2D eigenvalue weighted by Crippen LogP contribution is -2.16. The second-order valence-electron chi connectivity index (χ2n) is 5.55. The highest BCUT2D eigenvalue weighted by Crippen LogP contribution is 2.23. The van der Waals surface area contributed by atoms with Crippen molar-refractivity contribution in [2.75, 3.05) is 6.61 Å². The van der Waals surface area contributed by atoms with Crippen LogP contribution in [0.5, 0.6) is 0 Å². The minimum absolute atomic E-state index is 0.267. The number of para-hydroxylation sites is 2. The molecule has 6 heteroatoms. The average molecular weight is 345 g/mol. The summed E-state index contributed by atoms with van der Waals surface area (Å²) in [5.41, 5.74) is 2.46. The summed E-state index contributed by atoms with van der Waals surface area (Å²) in [4.78, 5) is 25.8. The monoisotopic (exact) mass is 345 g/mol. The summed E-state index contributed by atoms with van der Waals surface area (Å²) in [6.07, 6.45) is 1.47. The maximum atomic E-state index is 12.1. The number of carbonyl (C=O) groups excluding carboxylic acids is 1. The lowest BCUT2D eigenvalue weighted by atomic mass is 10.2. The van der Waals surface area contributed by atoms with Gasteiger partial charge < -0.3 is 9.15 Å². The molecule has 3 rings (SSSR count). The van der Waals surface area contributed by atoms with Gasteiger partial charge >= 0.3 is 11.7 Å². The van der Waals surface area contributed by atoms with Crippen LogP contribution < -0.4 is 5.76 Å². The molecule has 0 spiro atoms. The predicted octanol–water partition coefficient (Wildman–Crippen LogP) is 3.77. The zero-order valence-corrected chi connectivity index (χ0v) is 14.5. The van der Waals surface area contributed by atoms with Crippen molar-refractivity contribution in [2.45, 2.75) is 33.2 Å².